The smallest absolute Gasteiger partial charge is 0.258 e. The molecule has 0 unspecified atom stereocenters. The fraction of sp³-hybridized carbons (Fsp3) is 0.500. The van der Waals surface area contributed by atoms with Crippen molar-refractivity contribution in [3.63, 3.8) is 0 Å². The first-order chi connectivity index (χ1) is 9.04. The Bertz CT molecular complexity index is 628. The third-order valence-electron chi connectivity index (χ3n) is 3.47. The van der Waals surface area contributed by atoms with Gasteiger partial charge in [-0.05, 0) is 32.4 Å². The van der Waals surface area contributed by atoms with E-state index in [-0.39, 0.29) is 4.90 Å². The highest BCUT2D eigenvalue weighted by Gasteiger charge is 2.36. The lowest BCUT2D eigenvalue weighted by molar-refractivity contribution is -0.387. The Kier molecular flexibility index (Phi) is 4.94. The summed E-state index contributed by atoms with van der Waals surface area (Å²) in [6.07, 6.45) is 0.588. The molecule has 0 aliphatic heterocycles. The van der Waals surface area contributed by atoms with Crippen molar-refractivity contribution in [2.75, 3.05) is 7.05 Å². The maximum Gasteiger partial charge on any atom is 0.289 e. The van der Waals surface area contributed by atoms with Gasteiger partial charge < -0.3 is 0 Å². The molecule has 112 valence electrons. The van der Waals surface area contributed by atoms with E-state index in [1.54, 1.807) is 13.8 Å². The normalized spacial score (nSPS) is 12.7. The fourth-order valence-electron chi connectivity index (χ4n) is 1.54. The minimum Gasteiger partial charge on any atom is -0.258 e. The Morgan fingerprint density at radius 2 is 1.95 bits per heavy atom. The van der Waals surface area contributed by atoms with Gasteiger partial charge in [-0.1, -0.05) is 22.9 Å². The number of nitro benzene ring substituents is 1. The number of nitrogens with zero attached hydrogens (tertiary/aromatic N) is 2. The molecule has 0 saturated heterocycles. The van der Waals surface area contributed by atoms with E-state index in [9.17, 15) is 18.5 Å². The van der Waals surface area contributed by atoms with Crippen LogP contribution in [0.15, 0.2) is 27.6 Å². The standard InChI is InChI=1S/C12H17BrN2O4S/c1-5-12(2,3)14(4)20(18,19)11-8-9(13)6-7-10(11)15(16)17/h6-8H,5H2,1-4H3. The number of hydrogen-bond acceptors (Lipinski definition) is 4. The molecule has 20 heavy (non-hydrogen) atoms. The first-order valence-corrected chi connectivity index (χ1v) is 8.20. The molecular formula is C12H17BrN2O4S. The molecule has 1 aromatic carbocycles. The third kappa shape index (κ3) is 3.18. The molecule has 8 heteroatoms. The molecule has 1 rings (SSSR count). The fourth-order valence-corrected chi connectivity index (χ4v) is 3.81. The molecule has 0 spiro atoms. The lowest BCUT2D eigenvalue weighted by atomic mass is 10.0. The van der Waals surface area contributed by atoms with Gasteiger partial charge in [0.15, 0.2) is 4.90 Å². The van der Waals surface area contributed by atoms with Gasteiger partial charge in [0.2, 0.25) is 10.0 Å². The van der Waals surface area contributed by atoms with E-state index in [2.05, 4.69) is 15.9 Å². The molecule has 0 heterocycles. The van der Waals surface area contributed by atoms with E-state index in [0.29, 0.717) is 10.9 Å². The topological polar surface area (TPSA) is 80.5 Å². The summed E-state index contributed by atoms with van der Waals surface area (Å²) in [5.41, 5.74) is -1.05. The van der Waals surface area contributed by atoms with E-state index >= 15 is 0 Å². The van der Waals surface area contributed by atoms with E-state index in [1.165, 1.54) is 29.6 Å². The zero-order valence-corrected chi connectivity index (χ0v) is 14.2. The summed E-state index contributed by atoms with van der Waals surface area (Å²) in [7, 11) is -2.51. The molecule has 0 atom stereocenters. The zero-order chi connectivity index (χ0) is 15.7. The van der Waals surface area contributed by atoms with Crippen LogP contribution in [0.25, 0.3) is 0 Å². The molecule has 0 radical (unpaired) electrons. The van der Waals surface area contributed by atoms with Gasteiger partial charge in [-0.2, -0.15) is 4.31 Å². The van der Waals surface area contributed by atoms with Crippen molar-refractivity contribution in [2.24, 2.45) is 0 Å². The van der Waals surface area contributed by atoms with Crippen LogP contribution in [0.3, 0.4) is 0 Å². The highest BCUT2D eigenvalue weighted by Crippen LogP contribution is 2.32. The molecule has 0 aliphatic rings. The lowest BCUT2D eigenvalue weighted by Gasteiger charge is -2.33. The van der Waals surface area contributed by atoms with Crippen LogP contribution in [0.4, 0.5) is 5.69 Å². The van der Waals surface area contributed by atoms with Crippen molar-refractivity contribution in [2.45, 2.75) is 37.6 Å². The summed E-state index contributed by atoms with van der Waals surface area (Å²) in [4.78, 5) is 10.0. The molecule has 0 bridgehead atoms. The maximum absolute atomic E-state index is 12.6. The Morgan fingerprint density at radius 1 is 1.40 bits per heavy atom. The molecular weight excluding hydrogens is 348 g/mol. The second-order valence-corrected chi connectivity index (χ2v) is 7.86. The van der Waals surface area contributed by atoms with Crippen LogP contribution in [-0.2, 0) is 10.0 Å². The van der Waals surface area contributed by atoms with Crippen LogP contribution in [0.1, 0.15) is 27.2 Å². The van der Waals surface area contributed by atoms with Gasteiger partial charge in [0.1, 0.15) is 0 Å². The Labute approximate surface area is 127 Å². The summed E-state index contributed by atoms with van der Waals surface area (Å²) in [6, 6.07) is 3.89. The number of sulfonamides is 1. The molecule has 0 fully saturated rings. The SMILES string of the molecule is CCC(C)(C)N(C)S(=O)(=O)c1cc(Br)ccc1[N+](=O)[O-]. The van der Waals surface area contributed by atoms with Gasteiger partial charge in [0, 0.05) is 23.1 Å². The van der Waals surface area contributed by atoms with Crippen molar-refractivity contribution in [1.29, 1.82) is 0 Å². The first kappa shape index (κ1) is 17.1. The monoisotopic (exact) mass is 364 g/mol. The van der Waals surface area contributed by atoms with Crippen LogP contribution in [0, 0.1) is 10.1 Å². The highest BCUT2D eigenvalue weighted by molar-refractivity contribution is 9.10. The minimum atomic E-state index is -3.95. The molecule has 6 nitrogen and oxygen atoms in total. The largest absolute Gasteiger partial charge is 0.289 e. The third-order valence-corrected chi connectivity index (χ3v) is 6.07. The number of rotatable bonds is 5. The number of halogens is 1. The molecule has 0 saturated carbocycles. The predicted octanol–water partition coefficient (Wildman–Crippen LogP) is 3.17. The van der Waals surface area contributed by atoms with Gasteiger partial charge in [-0.25, -0.2) is 8.42 Å². The molecule has 0 aliphatic carbocycles. The first-order valence-electron chi connectivity index (χ1n) is 5.97. The second kappa shape index (κ2) is 5.79. The average Bonchev–Trinajstić information content (AvgIpc) is 2.37. The molecule has 1 aromatic rings. The van der Waals surface area contributed by atoms with Crippen molar-refractivity contribution in [1.82, 2.24) is 4.31 Å². The van der Waals surface area contributed by atoms with Crippen LogP contribution in [0.2, 0.25) is 0 Å². The minimum absolute atomic E-state index is 0.305. The average molecular weight is 365 g/mol. The van der Waals surface area contributed by atoms with Gasteiger partial charge in [0.05, 0.1) is 4.92 Å². The van der Waals surface area contributed by atoms with Gasteiger partial charge in [0.25, 0.3) is 5.69 Å². The van der Waals surface area contributed by atoms with Crippen LogP contribution >= 0.6 is 15.9 Å². The quantitative estimate of drug-likeness (QED) is 0.593. The summed E-state index contributed by atoms with van der Waals surface area (Å²) < 4.78 is 26.9. The maximum atomic E-state index is 12.6. The zero-order valence-electron chi connectivity index (χ0n) is 11.8. The van der Waals surface area contributed by atoms with Crippen molar-refractivity contribution in [3.8, 4) is 0 Å². The summed E-state index contributed by atoms with van der Waals surface area (Å²) >= 11 is 3.15. The van der Waals surface area contributed by atoms with E-state index in [0.717, 1.165) is 0 Å². The van der Waals surface area contributed by atoms with Crippen LogP contribution < -0.4 is 0 Å². The van der Waals surface area contributed by atoms with Crippen LogP contribution in [-0.4, -0.2) is 30.2 Å². The van der Waals surface area contributed by atoms with Gasteiger partial charge in [-0.15, -0.1) is 0 Å². The van der Waals surface area contributed by atoms with E-state index in [4.69, 9.17) is 0 Å². The number of benzene rings is 1. The van der Waals surface area contributed by atoms with Crippen molar-refractivity contribution in [3.05, 3.63) is 32.8 Å². The van der Waals surface area contributed by atoms with E-state index < -0.39 is 26.2 Å². The van der Waals surface area contributed by atoms with Crippen molar-refractivity contribution >= 4 is 31.6 Å². The van der Waals surface area contributed by atoms with Crippen molar-refractivity contribution < 1.29 is 13.3 Å². The second-order valence-electron chi connectivity index (χ2n) is 5.01. The van der Waals surface area contributed by atoms with Crippen LogP contribution in [0.5, 0.6) is 0 Å². The highest BCUT2D eigenvalue weighted by atomic mass is 79.9. The van der Waals surface area contributed by atoms with Gasteiger partial charge in [-0.3, -0.25) is 10.1 Å². The summed E-state index contributed by atoms with van der Waals surface area (Å²) in [5, 5.41) is 11.0. The Balaban J connectivity index is 3.50. The molecule has 0 N–H and O–H groups in total. The van der Waals surface area contributed by atoms with Gasteiger partial charge >= 0.3 is 0 Å². The molecule has 0 amide bonds. The number of hydrogen-bond donors (Lipinski definition) is 0. The Hall–Kier alpha value is -0.990. The van der Waals surface area contributed by atoms with E-state index in [1.807, 2.05) is 6.92 Å². The summed E-state index contributed by atoms with van der Waals surface area (Å²) in [6.45, 7) is 5.41. The predicted molar refractivity (Wildman–Crippen MR) is 80.1 cm³/mol. The molecule has 0 aromatic heterocycles. The summed E-state index contributed by atoms with van der Waals surface area (Å²) in [5.74, 6) is 0. The lowest BCUT2D eigenvalue weighted by Crippen LogP contribution is -2.44. The number of nitro groups is 1. The Morgan fingerprint density at radius 3 is 2.40 bits per heavy atom.